The molecule has 1 fully saturated rings. The van der Waals surface area contributed by atoms with Crippen LogP contribution in [-0.2, 0) is 4.74 Å². The van der Waals surface area contributed by atoms with Gasteiger partial charge in [-0.25, -0.2) is 4.98 Å². The van der Waals surface area contributed by atoms with Crippen molar-refractivity contribution in [1.82, 2.24) is 9.97 Å². The van der Waals surface area contributed by atoms with Crippen molar-refractivity contribution in [2.75, 3.05) is 18.9 Å². The first-order valence-corrected chi connectivity index (χ1v) is 4.59. The summed E-state index contributed by atoms with van der Waals surface area (Å²) in [7, 11) is 0. The van der Waals surface area contributed by atoms with E-state index in [1.54, 1.807) is 6.20 Å². The third kappa shape index (κ3) is 1.93. The topological polar surface area (TPSA) is 70.3 Å². The average molecular weight is 195 g/mol. The second kappa shape index (κ2) is 3.79. The van der Waals surface area contributed by atoms with Gasteiger partial charge in [-0.05, 0) is 6.92 Å². The third-order valence-electron chi connectivity index (χ3n) is 2.11. The van der Waals surface area contributed by atoms with Crippen LogP contribution in [0, 0.1) is 6.92 Å². The summed E-state index contributed by atoms with van der Waals surface area (Å²) < 4.78 is 10.8. The van der Waals surface area contributed by atoms with E-state index >= 15 is 0 Å². The Labute approximate surface area is 82.3 Å². The van der Waals surface area contributed by atoms with Crippen molar-refractivity contribution >= 4 is 5.95 Å². The number of nitrogens with two attached hydrogens (primary N) is 1. The zero-order chi connectivity index (χ0) is 9.97. The Hall–Kier alpha value is -1.36. The SMILES string of the molecule is Cc1cnc(N)nc1OC1CCOC1. The van der Waals surface area contributed by atoms with Crippen LogP contribution in [0.4, 0.5) is 5.95 Å². The summed E-state index contributed by atoms with van der Waals surface area (Å²) in [5, 5.41) is 0. The van der Waals surface area contributed by atoms with Crippen LogP contribution in [0.15, 0.2) is 6.20 Å². The molecule has 0 spiro atoms. The van der Waals surface area contributed by atoms with Gasteiger partial charge >= 0.3 is 0 Å². The lowest BCUT2D eigenvalue weighted by molar-refractivity contribution is 0.137. The minimum absolute atomic E-state index is 0.1000. The molecule has 5 nitrogen and oxygen atoms in total. The van der Waals surface area contributed by atoms with E-state index in [4.69, 9.17) is 15.2 Å². The number of hydrogen-bond donors (Lipinski definition) is 1. The number of hydrogen-bond acceptors (Lipinski definition) is 5. The van der Waals surface area contributed by atoms with Gasteiger partial charge in [-0.2, -0.15) is 4.98 Å². The third-order valence-corrected chi connectivity index (χ3v) is 2.11. The number of anilines is 1. The van der Waals surface area contributed by atoms with Gasteiger partial charge in [0.15, 0.2) is 0 Å². The van der Waals surface area contributed by atoms with E-state index in [0.29, 0.717) is 12.5 Å². The molecule has 5 heteroatoms. The van der Waals surface area contributed by atoms with Gasteiger partial charge in [-0.3, -0.25) is 0 Å². The molecule has 14 heavy (non-hydrogen) atoms. The summed E-state index contributed by atoms with van der Waals surface area (Å²) in [5.41, 5.74) is 6.36. The number of aryl methyl sites for hydroxylation is 1. The Kier molecular flexibility index (Phi) is 2.49. The van der Waals surface area contributed by atoms with Crippen LogP contribution in [0.25, 0.3) is 0 Å². The fraction of sp³-hybridized carbons (Fsp3) is 0.556. The van der Waals surface area contributed by atoms with E-state index in [2.05, 4.69) is 9.97 Å². The first-order chi connectivity index (χ1) is 6.75. The van der Waals surface area contributed by atoms with Crippen molar-refractivity contribution in [3.63, 3.8) is 0 Å². The Morgan fingerprint density at radius 1 is 1.64 bits per heavy atom. The maximum Gasteiger partial charge on any atom is 0.223 e. The normalized spacial score (nSPS) is 21.1. The van der Waals surface area contributed by atoms with Crippen molar-refractivity contribution in [2.24, 2.45) is 0 Å². The highest BCUT2D eigenvalue weighted by atomic mass is 16.5. The van der Waals surface area contributed by atoms with Crippen molar-refractivity contribution in [1.29, 1.82) is 0 Å². The van der Waals surface area contributed by atoms with Gasteiger partial charge in [0, 0.05) is 18.2 Å². The monoisotopic (exact) mass is 195 g/mol. The molecule has 2 rings (SSSR count). The van der Waals surface area contributed by atoms with Crippen LogP contribution < -0.4 is 10.5 Å². The summed E-state index contributed by atoms with van der Waals surface area (Å²) in [6.07, 6.45) is 2.67. The molecule has 2 N–H and O–H groups in total. The van der Waals surface area contributed by atoms with Crippen molar-refractivity contribution in [3.05, 3.63) is 11.8 Å². The van der Waals surface area contributed by atoms with Gasteiger partial charge in [-0.15, -0.1) is 0 Å². The Morgan fingerprint density at radius 3 is 3.21 bits per heavy atom. The van der Waals surface area contributed by atoms with Crippen LogP contribution >= 0.6 is 0 Å². The summed E-state index contributed by atoms with van der Waals surface area (Å²) in [4.78, 5) is 7.89. The number of aromatic nitrogens is 2. The van der Waals surface area contributed by atoms with Gasteiger partial charge in [0.2, 0.25) is 11.8 Å². The lowest BCUT2D eigenvalue weighted by atomic mass is 10.3. The molecule has 0 saturated carbocycles. The first-order valence-electron chi connectivity index (χ1n) is 4.59. The highest BCUT2D eigenvalue weighted by molar-refractivity contribution is 5.28. The van der Waals surface area contributed by atoms with Crippen LogP contribution in [-0.4, -0.2) is 29.3 Å². The molecule has 0 amide bonds. The molecule has 1 aliphatic rings. The minimum Gasteiger partial charge on any atom is -0.471 e. The second-order valence-electron chi connectivity index (χ2n) is 3.32. The molecule has 1 aromatic heterocycles. The lowest BCUT2D eigenvalue weighted by Crippen LogP contribution is -2.17. The highest BCUT2D eigenvalue weighted by Gasteiger charge is 2.18. The van der Waals surface area contributed by atoms with Gasteiger partial charge in [0.05, 0.1) is 13.2 Å². The predicted octanol–water partition coefficient (Wildman–Crippen LogP) is 0.535. The molecule has 1 unspecified atom stereocenters. The molecule has 2 heterocycles. The fourth-order valence-electron chi connectivity index (χ4n) is 1.32. The zero-order valence-electron chi connectivity index (χ0n) is 8.06. The Bertz CT molecular complexity index is 324. The molecule has 1 aromatic rings. The molecule has 0 aliphatic carbocycles. The quantitative estimate of drug-likeness (QED) is 0.745. The molecule has 0 bridgehead atoms. The van der Waals surface area contributed by atoms with Gasteiger partial charge < -0.3 is 15.2 Å². The van der Waals surface area contributed by atoms with E-state index in [-0.39, 0.29) is 12.1 Å². The number of ether oxygens (including phenoxy) is 2. The number of nitrogen functional groups attached to an aromatic ring is 1. The maximum atomic E-state index is 5.63. The molecular weight excluding hydrogens is 182 g/mol. The summed E-state index contributed by atoms with van der Waals surface area (Å²) in [6, 6.07) is 0. The minimum atomic E-state index is 0.1000. The number of rotatable bonds is 2. The highest BCUT2D eigenvalue weighted by Crippen LogP contribution is 2.18. The van der Waals surface area contributed by atoms with Crippen LogP contribution in [0.2, 0.25) is 0 Å². The number of nitrogens with zero attached hydrogens (tertiary/aromatic N) is 2. The molecule has 76 valence electrons. The second-order valence-corrected chi connectivity index (χ2v) is 3.32. The van der Waals surface area contributed by atoms with Crippen molar-refractivity contribution in [3.8, 4) is 5.88 Å². The Balaban J connectivity index is 2.10. The van der Waals surface area contributed by atoms with Crippen molar-refractivity contribution < 1.29 is 9.47 Å². The van der Waals surface area contributed by atoms with Crippen LogP contribution in [0.1, 0.15) is 12.0 Å². The fourth-order valence-corrected chi connectivity index (χ4v) is 1.32. The maximum absolute atomic E-state index is 5.63. The van der Waals surface area contributed by atoms with E-state index in [1.807, 2.05) is 6.92 Å². The van der Waals surface area contributed by atoms with Crippen molar-refractivity contribution in [2.45, 2.75) is 19.4 Å². The van der Waals surface area contributed by atoms with E-state index in [1.165, 1.54) is 0 Å². The lowest BCUT2D eigenvalue weighted by Gasteiger charge is -2.12. The first kappa shape index (κ1) is 9.21. The molecule has 0 radical (unpaired) electrons. The zero-order valence-corrected chi connectivity index (χ0v) is 8.06. The summed E-state index contributed by atoms with van der Waals surface area (Å²) >= 11 is 0. The Morgan fingerprint density at radius 2 is 2.50 bits per heavy atom. The van der Waals surface area contributed by atoms with E-state index < -0.39 is 0 Å². The van der Waals surface area contributed by atoms with Gasteiger partial charge in [0.25, 0.3) is 0 Å². The largest absolute Gasteiger partial charge is 0.471 e. The molecule has 0 aromatic carbocycles. The standard InChI is InChI=1S/C9H13N3O2/c1-6-4-11-9(10)12-8(6)14-7-2-3-13-5-7/h4,7H,2-3,5H2,1H3,(H2,10,11,12). The molecule has 1 aliphatic heterocycles. The van der Waals surface area contributed by atoms with E-state index in [0.717, 1.165) is 18.6 Å². The van der Waals surface area contributed by atoms with Crippen LogP contribution in [0.3, 0.4) is 0 Å². The van der Waals surface area contributed by atoms with Gasteiger partial charge in [-0.1, -0.05) is 0 Å². The molecular formula is C9H13N3O2. The van der Waals surface area contributed by atoms with Crippen LogP contribution in [0.5, 0.6) is 5.88 Å². The van der Waals surface area contributed by atoms with E-state index in [9.17, 15) is 0 Å². The molecule has 1 saturated heterocycles. The average Bonchev–Trinajstić information content (AvgIpc) is 2.64. The summed E-state index contributed by atoms with van der Waals surface area (Å²) in [6.45, 7) is 3.28. The summed E-state index contributed by atoms with van der Waals surface area (Å²) in [5.74, 6) is 0.803. The smallest absolute Gasteiger partial charge is 0.223 e. The van der Waals surface area contributed by atoms with Gasteiger partial charge in [0.1, 0.15) is 6.10 Å². The predicted molar refractivity (Wildman–Crippen MR) is 51.0 cm³/mol. The molecule has 1 atom stereocenters.